The van der Waals surface area contributed by atoms with Crippen LogP contribution in [0.15, 0.2) is 28.7 Å². The minimum Gasteiger partial charge on any atom is -0.348 e. The van der Waals surface area contributed by atoms with Crippen LogP contribution in [-0.4, -0.2) is 31.4 Å². The molecule has 0 aromatic heterocycles. The van der Waals surface area contributed by atoms with Crippen molar-refractivity contribution in [3.63, 3.8) is 0 Å². The smallest absolute Gasteiger partial charge is 0.236 e. The maximum absolute atomic E-state index is 11.5. The number of nitrogens with zero attached hydrogens (tertiary/aromatic N) is 1. The van der Waals surface area contributed by atoms with E-state index in [1.54, 1.807) is 19.0 Å². The number of carbonyl (C=O) groups is 1. The lowest BCUT2D eigenvalue weighted by Gasteiger charge is -2.19. The first-order valence-corrected chi connectivity index (χ1v) is 6.53. The minimum absolute atomic E-state index is 0.0958. The Labute approximate surface area is 111 Å². The molecule has 1 rings (SSSR count). The third-order valence-electron chi connectivity index (χ3n) is 2.66. The van der Waals surface area contributed by atoms with Crippen molar-refractivity contribution in [3.8, 4) is 0 Å². The predicted octanol–water partition coefficient (Wildman–Crippen LogP) is 2.58. The molecule has 0 heterocycles. The number of rotatable bonds is 5. The predicted molar refractivity (Wildman–Crippen MR) is 73.9 cm³/mol. The van der Waals surface area contributed by atoms with Crippen molar-refractivity contribution < 1.29 is 4.79 Å². The van der Waals surface area contributed by atoms with Crippen LogP contribution in [0.2, 0.25) is 0 Å². The lowest BCUT2D eigenvalue weighted by atomic mass is 10.0. The largest absolute Gasteiger partial charge is 0.348 e. The first kappa shape index (κ1) is 14.2. The van der Waals surface area contributed by atoms with Crippen LogP contribution in [-0.2, 0) is 4.79 Å². The molecule has 1 aromatic rings. The Bertz CT molecular complexity index is 379. The molecule has 0 aliphatic heterocycles. The van der Waals surface area contributed by atoms with Crippen molar-refractivity contribution >= 4 is 21.8 Å². The van der Waals surface area contributed by atoms with Gasteiger partial charge >= 0.3 is 0 Å². The molecule has 0 aliphatic carbocycles. The number of halogens is 1. The zero-order chi connectivity index (χ0) is 12.8. The Hall–Kier alpha value is -0.870. The van der Waals surface area contributed by atoms with Gasteiger partial charge in [-0.25, -0.2) is 0 Å². The second-order valence-corrected chi connectivity index (χ2v) is 5.10. The number of nitrogens with one attached hydrogen (secondary N) is 1. The van der Waals surface area contributed by atoms with E-state index in [1.165, 1.54) is 5.56 Å². The lowest BCUT2D eigenvalue weighted by Crippen LogP contribution is -2.34. The molecule has 1 unspecified atom stereocenters. The molecule has 0 bridgehead atoms. The van der Waals surface area contributed by atoms with Crippen molar-refractivity contribution in [2.75, 3.05) is 20.6 Å². The summed E-state index contributed by atoms with van der Waals surface area (Å²) >= 11 is 3.46. The maximum atomic E-state index is 11.5. The van der Waals surface area contributed by atoms with Gasteiger partial charge in [-0.1, -0.05) is 35.0 Å². The zero-order valence-corrected chi connectivity index (χ0v) is 12.1. The number of carbonyl (C=O) groups excluding carboxylic acids is 1. The number of benzene rings is 1. The van der Waals surface area contributed by atoms with Crippen LogP contribution in [0.3, 0.4) is 0 Å². The average Bonchev–Trinajstić information content (AvgIpc) is 2.29. The van der Waals surface area contributed by atoms with Crippen LogP contribution in [0.25, 0.3) is 0 Å². The quantitative estimate of drug-likeness (QED) is 0.906. The van der Waals surface area contributed by atoms with Crippen LogP contribution in [0.4, 0.5) is 0 Å². The summed E-state index contributed by atoms with van der Waals surface area (Å²) in [6.07, 6.45) is 0.956. The highest BCUT2D eigenvalue weighted by atomic mass is 79.9. The second-order valence-electron chi connectivity index (χ2n) is 4.18. The van der Waals surface area contributed by atoms with Crippen molar-refractivity contribution in [3.05, 3.63) is 34.3 Å². The highest BCUT2D eigenvalue weighted by molar-refractivity contribution is 9.10. The average molecular weight is 299 g/mol. The zero-order valence-electron chi connectivity index (χ0n) is 10.5. The fraction of sp³-hybridized carbons (Fsp3) is 0.462. The summed E-state index contributed by atoms with van der Waals surface area (Å²) in [6, 6.07) is 8.39. The molecule has 0 saturated carbocycles. The standard InChI is InChI=1S/C13H19BrN2O/c1-4-12(15-9-13(17)16(2)3)10-6-5-7-11(14)8-10/h5-8,12,15H,4,9H2,1-3H3. The SMILES string of the molecule is CCC(NCC(=O)N(C)C)c1cccc(Br)c1. The number of hydrogen-bond donors (Lipinski definition) is 1. The minimum atomic E-state index is 0.0958. The van der Waals surface area contributed by atoms with Crippen molar-refractivity contribution in [1.82, 2.24) is 10.2 Å². The van der Waals surface area contributed by atoms with Crippen LogP contribution in [0.1, 0.15) is 24.9 Å². The molecule has 1 aromatic carbocycles. The summed E-state index contributed by atoms with van der Waals surface area (Å²) in [5, 5.41) is 3.28. The molecule has 1 amide bonds. The molecule has 3 nitrogen and oxygen atoms in total. The van der Waals surface area contributed by atoms with Gasteiger partial charge in [0.05, 0.1) is 6.54 Å². The van der Waals surface area contributed by atoms with Crippen LogP contribution >= 0.6 is 15.9 Å². The van der Waals surface area contributed by atoms with E-state index in [0.29, 0.717) is 6.54 Å². The molecule has 0 saturated heterocycles. The van der Waals surface area contributed by atoms with Crippen molar-refractivity contribution in [1.29, 1.82) is 0 Å². The monoisotopic (exact) mass is 298 g/mol. The molecule has 0 aliphatic rings. The summed E-state index contributed by atoms with van der Waals surface area (Å²) in [5.41, 5.74) is 1.20. The van der Waals surface area contributed by atoms with Gasteiger partial charge in [-0.05, 0) is 24.1 Å². The second kappa shape index (κ2) is 6.77. The Kier molecular flexibility index (Phi) is 5.65. The van der Waals surface area contributed by atoms with Gasteiger partial charge in [0.2, 0.25) is 5.91 Å². The van der Waals surface area contributed by atoms with E-state index in [-0.39, 0.29) is 11.9 Å². The van der Waals surface area contributed by atoms with Gasteiger partial charge in [0.15, 0.2) is 0 Å². The number of amides is 1. The van der Waals surface area contributed by atoms with E-state index in [0.717, 1.165) is 10.9 Å². The molecule has 0 fully saturated rings. The Morgan fingerprint density at radius 1 is 1.47 bits per heavy atom. The molecule has 94 valence electrons. The van der Waals surface area contributed by atoms with Crippen LogP contribution in [0, 0.1) is 0 Å². The van der Waals surface area contributed by atoms with Gasteiger partial charge < -0.3 is 10.2 Å². The highest BCUT2D eigenvalue weighted by Gasteiger charge is 2.11. The Balaban J connectivity index is 2.63. The molecular weight excluding hydrogens is 280 g/mol. The van der Waals surface area contributed by atoms with Crippen molar-refractivity contribution in [2.24, 2.45) is 0 Å². The fourth-order valence-corrected chi connectivity index (χ4v) is 2.01. The lowest BCUT2D eigenvalue weighted by molar-refractivity contribution is -0.127. The van der Waals surface area contributed by atoms with Crippen LogP contribution < -0.4 is 5.32 Å². The molecule has 4 heteroatoms. The van der Waals surface area contributed by atoms with Gasteiger partial charge in [-0.15, -0.1) is 0 Å². The van der Waals surface area contributed by atoms with Crippen molar-refractivity contribution in [2.45, 2.75) is 19.4 Å². The number of likely N-dealkylation sites (N-methyl/N-ethyl adjacent to an activating group) is 1. The first-order valence-electron chi connectivity index (χ1n) is 5.73. The Morgan fingerprint density at radius 2 is 2.18 bits per heavy atom. The van der Waals surface area contributed by atoms with E-state index in [9.17, 15) is 4.79 Å². The van der Waals surface area contributed by atoms with E-state index >= 15 is 0 Å². The third-order valence-corrected chi connectivity index (χ3v) is 3.15. The summed E-state index contributed by atoms with van der Waals surface area (Å²) < 4.78 is 1.06. The fourth-order valence-electron chi connectivity index (χ4n) is 1.59. The van der Waals surface area contributed by atoms with E-state index in [4.69, 9.17) is 0 Å². The first-order chi connectivity index (χ1) is 8.04. The summed E-state index contributed by atoms with van der Waals surface area (Å²) in [4.78, 5) is 13.1. The van der Waals surface area contributed by atoms with Gasteiger partial charge in [0.1, 0.15) is 0 Å². The summed E-state index contributed by atoms with van der Waals surface area (Å²) in [6.45, 7) is 2.48. The summed E-state index contributed by atoms with van der Waals surface area (Å²) in [7, 11) is 3.54. The van der Waals surface area contributed by atoms with Crippen LogP contribution in [0.5, 0.6) is 0 Å². The van der Waals surface area contributed by atoms with Gasteiger partial charge in [0, 0.05) is 24.6 Å². The van der Waals surface area contributed by atoms with Gasteiger partial charge in [-0.3, -0.25) is 4.79 Å². The highest BCUT2D eigenvalue weighted by Crippen LogP contribution is 2.20. The molecule has 1 N–H and O–H groups in total. The van der Waals surface area contributed by atoms with Gasteiger partial charge in [-0.2, -0.15) is 0 Å². The topological polar surface area (TPSA) is 32.3 Å². The van der Waals surface area contributed by atoms with E-state index in [1.807, 2.05) is 12.1 Å². The molecule has 0 spiro atoms. The summed E-state index contributed by atoms with van der Waals surface area (Å²) in [5.74, 6) is 0.0958. The number of hydrogen-bond acceptors (Lipinski definition) is 2. The molecule has 0 radical (unpaired) electrons. The third kappa shape index (κ3) is 4.48. The van der Waals surface area contributed by atoms with E-state index < -0.39 is 0 Å². The van der Waals surface area contributed by atoms with E-state index in [2.05, 4.69) is 40.3 Å². The maximum Gasteiger partial charge on any atom is 0.236 e. The molecule has 17 heavy (non-hydrogen) atoms. The normalized spacial score (nSPS) is 12.2. The molecule has 1 atom stereocenters. The van der Waals surface area contributed by atoms with Gasteiger partial charge in [0.25, 0.3) is 0 Å². The Morgan fingerprint density at radius 3 is 2.71 bits per heavy atom. The molecular formula is C13H19BrN2O.